The van der Waals surface area contributed by atoms with Crippen molar-refractivity contribution in [3.05, 3.63) is 65.9 Å². The van der Waals surface area contributed by atoms with Crippen LogP contribution >= 0.6 is 12.4 Å². The van der Waals surface area contributed by atoms with E-state index in [0.29, 0.717) is 35.9 Å². The van der Waals surface area contributed by atoms with Crippen molar-refractivity contribution in [2.75, 3.05) is 6.54 Å². The number of halogens is 2. The lowest BCUT2D eigenvalue weighted by atomic mass is 10.0. The molecule has 2 N–H and O–H groups in total. The molecule has 2 atom stereocenters. The molecule has 0 saturated carbocycles. The molecular formula is C21H23ClFN5O2. The van der Waals surface area contributed by atoms with E-state index in [4.69, 9.17) is 10.3 Å². The Kier molecular flexibility index (Phi) is 7.12. The fourth-order valence-corrected chi connectivity index (χ4v) is 3.65. The molecule has 0 aliphatic carbocycles. The number of pyridine rings is 1. The summed E-state index contributed by atoms with van der Waals surface area (Å²) in [5.74, 6) is 0.409. The van der Waals surface area contributed by atoms with E-state index in [9.17, 15) is 9.18 Å². The molecule has 4 rings (SSSR count). The van der Waals surface area contributed by atoms with Gasteiger partial charge in [-0.3, -0.25) is 9.78 Å². The van der Waals surface area contributed by atoms with Crippen molar-refractivity contribution >= 4 is 18.3 Å². The molecular weight excluding hydrogens is 409 g/mol. The lowest BCUT2D eigenvalue weighted by molar-refractivity contribution is -0.132. The van der Waals surface area contributed by atoms with Crippen LogP contribution in [0.4, 0.5) is 4.39 Å². The number of hydrogen-bond acceptors (Lipinski definition) is 6. The van der Waals surface area contributed by atoms with E-state index in [1.165, 1.54) is 6.07 Å². The zero-order chi connectivity index (χ0) is 20.2. The van der Waals surface area contributed by atoms with Crippen LogP contribution in [0.2, 0.25) is 0 Å². The number of aromatic nitrogens is 3. The Morgan fingerprint density at radius 3 is 2.83 bits per heavy atom. The molecule has 0 unspecified atom stereocenters. The molecule has 0 radical (unpaired) electrons. The van der Waals surface area contributed by atoms with Gasteiger partial charge in [0.2, 0.25) is 17.6 Å². The SMILES string of the molecule is Cl.N[C@@H](CC(=O)N1CCC[C@@H]1c1nc(-c2ccccn2)no1)Cc1ccccc1F. The lowest BCUT2D eigenvalue weighted by Crippen LogP contribution is -2.36. The molecule has 158 valence electrons. The highest BCUT2D eigenvalue weighted by atomic mass is 35.5. The summed E-state index contributed by atoms with van der Waals surface area (Å²) in [6, 6.07) is 11.2. The van der Waals surface area contributed by atoms with Gasteiger partial charge in [-0.1, -0.05) is 29.4 Å². The van der Waals surface area contributed by atoms with E-state index < -0.39 is 6.04 Å². The summed E-state index contributed by atoms with van der Waals surface area (Å²) in [4.78, 5) is 23.2. The largest absolute Gasteiger partial charge is 0.337 e. The van der Waals surface area contributed by atoms with Gasteiger partial charge in [0.05, 0.1) is 0 Å². The van der Waals surface area contributed by atoms with Crippen LogP contribution in [-0.2, 0) is 11.2 Å². The second-order valence-electron chi connectivity index (χ2n) is 7.18. The summed E-state index contributed by atoms with van der Waals surface area (Å²) in [6.07, 6.45) is 3.69. The summed E-state index contributed by atoms with van der Waals surface area (Å²) in [6.45, 7) is 0.608. The second-order valence-corrected chi connectivity index (χ2v) is 7.18. The number of nitrogens with two attached hydrogens (primary N) is 1. The van der Waals surface area contributed by atoms with Crippen LogP contribution in [0, 0.1) is 5.82 Å². The number of rotatable bonds is 6. The van der Waals surface area contributed by atoms with Crippen molar-refractivity contribution < 1.29 is 13.7 Å². The van der Waals surface area contributed by atoms with Gasteiger partial charge in [0.1, 0.15) is 17.6 Å². The third-order valence-corrected chi connectivity index (χ3v) is 5.07. The van der Waals surface area contributed by atoms with Crippen molar-refractivity contribution in [2.45, 2.75) is 37.8 Å². The molecule has 3 aromatic rings. The van der Waals surface area contributed by atoms with E-state index in [-0.39, 0.29) is 36.6 Å². The van der Waals surface area contributed by atoms with Crippen molar-refractivity contribution in [2.24, 2.45) is 5.73 Å². The topological polar surface area (TPSA) is 98.1 Å². The van der Waals surface area contributed by atoms with Gasteiger partial charge in [0, 0.05) is 25.2 Å². The third kappa shape index (κ3) is 4.83. The Labute approximate surface area is 179 Å². The summed E-state index contributed by atoms with van der Waals surface area (Å²) in [7, 11) is 0. The minimum atomic E-state index is -0.465. The van der Waals surface area contributed by atoms with E-state index in [1.54, 1.807) is 35.4 Å². The Morgan fingerprint density at radius 1 is 1.27 bits per heavy atom. The fraction of sp³-hybridized carbons (Fsp3) is 0.333. The maximum absolute atomic E-state index is 13.8. The van der Waals surface area contributed by atoms with Gasteiger partial charge in [-0.05, 0) is 43.0 Å². The first kappa shape index (κ1) is 21.9. The highest BCUT2D eigenvalue weighted by Crippen LogP contribution is 2.32. The van der Waals surface area contributed by atoms with Crippen molar-refractivity contribution in [1.82, 2.24) is 20.0 Å². The Hall–Kier alpha value is -2.84. The van der Waals surface area contributed by atoms with Crippen LogP contribution in [0.25, 0.3) is 11.5 Å². The number of hydrogen-bond donors (Lipinski definition) is 1. The molecule has 1 aliphatic heterocycles. The predicted molar refractivity (Wildman–Crippen MR) is 111 cm³/mol. The van der Waals surface area contributed by atoms with Crippen LogP contribution < -0.4 is 5.73 Å². The van der Waals surface area contributed by atoms with Crippen LogP contribution in [0.5, 0.6) is 0 Å². The number of likely N-dealkylation sites (tertiary alicyclic amines) is 1. The number of benzene rings is 1. The zero-order valence-corrected chi connectivity index (χ0v) is 17.1. The number of carbonyl (C=O) groups is 1. The molecule has 30 heavy (non-hydrogen) atoms. The number of nitrogens with zero attached hydrogens (tertiary/aromatic N) is 4. The molecule has 9 heteroatoms. The number of carbonyl (C=O) groups excluding carboxylic acids is 1. The molecule has 0 spiro atoms. The molecule has 3 heterocycles. The van der Waals surface area contributed by atoms with Gasteiger partial charge in [0.25, 0.3) is 0 Å². The molecule has 1 aliphatic rings. The molecule has 1 amide bonds. The first-order valence-corrected chi connectivity index (χ1v) is 9.65. The molecule has 2 aromatic heterocycles. The van der Waals surface area contributed by atoms with E-state index >= 15 is 0 Å². The molecule has 1 fully saturated rings. The van der Waals surface area contributed by atoms with Crippen molar-refractivity contribution in [1.29, 1.82) is 0 Å². The summed E-state index contributed by atoms with van der Waals surface area (Å²) in [5, 5.41) is 4.00. The normalized spacial score (nSPS) is 16.9. The molecule has 1 aromatic carbocycles. The van der Waals surface area contributed by atoms with E-state index in [2.05, 4.69) is 15.1 Å². The van der Waals surface area contributed by atoms with Crippen molar-refractivity contribution in [3.8, 4) is 11.5 Å². The third-order valence-electron chi connectivity index (χ3n) is 5.07. The Morgan fingerprint density at radius 2 is 2.07 bits per heavy atom. The van der Waals surface area contributed by atoms with Crippen molar-refractivity contribution in [3.63, 3.8) is 0 Å². The zero-order valence-electron chi connectivity index (χ0n) is 16.3. The van der Waals surface area contributed by atoms with Crippen LogP contribution in [-0.4, -0.2) is 38.5 Å². The van der Waals surface area contributed by atoms with E-state index in [0.717, 1.165) is 12.8 Å². The maximum atomic E-state index is 13.8. The summed E-state index contributed by atoms with van der Waals surface area (Å²) in [5.41, 5.74) is 7.27. The van der Waals surface area contributed by atoms with Gasteiger partial charge in [0.15, 0.2) is 0 Å². The second kappa shape index (κ2) is 9.77. The smallest absolute Gasteiger partial charge is 0.249 e. The van der Waals surface area contributed by atoms with Gasteiger partial charge in [-0.25, -0.2) is 4.39 Å². The fourth-order valence-electron chi connectivity index (χ4n) is 3.65. The first-order valence-electron chi connectivity index (χ1n) is 9.65. The van der Waals surface area contributed by atoms with Gasteiger partial charge < -0.3 is 15.2 Å². The number of amides is 1. The summed E-state index contributed by atoms with van der Waals surface area (Å²) >= 11 is 0. The average Bonchev–Trinajstić information content (AvgIpc) is 3.40. The van der Waals surface area contributed by atoms with Crippen LogP contribution in [0.1, 0.15) is 36.8 Å². The molecule has 0 bridgehead atoms. The minimum Gasteiger partial charge on any atom is -0.337 e. The van der Waals surface area contributed by atoms with Gasteiger partial charge >= 0.3 is 0 Å². The Balaban J connectivity index is 0.00000256. The standard InChI is InChI=1S/C21H22FN5O2.ClH/c22-16-7-2-1-6-14(16)12-15(23)13-19(28)27-11-5-9-18(27)21-25-20(26-29-21)17-8-3-4-10-24-17;/h1-4,6-8,10,15,18H,5,9,11-13,23H2;1H/t15-,18-;/m1./s1. The van der Waals surface area contributed by atoms with Gasteiger partial charge in [-0.2, -0.15) is 4.98 Å². The van der Waals surface area contributed by atoms with Crippen LogP contribution in [0.15, 0.2) is 53.2 Å². The average molecular weight is 432 g/mol. The molecule has 7 nitrogen and oxygen atoms in total. The van der Waals surface area contributed by atoms with E-state index in [1.807, 2.05) is 12.1 Å². The molecule has 1 saturated heterocycles. The van der Waals surface area contributed by atoms with Crippen LogP contribution in [0.3, 0.4) is 0 Å². The van der Waals surface area contributed by atoms with Gasteiger partial charge in [-0.15, -0.1) is 12.4 Å². The maximum Gasteiger partial charge on any atom is 0.249 e. The highest BCUT2D eigenvalue weighted by Gasteiger charge is 2.34. The lowest BCUT2D eigenvalue weighted by Gasteiger charge is -2.23. The monoisotopic (exact) mass is 431 g/mol. The first-order chi connectivity index (χ1) is 14.1. The Bertz CT molecular complexity index is 984. The summed E-state index contributed by atoms with van der Waals surface area (Å²) < 4.78 is 19.3. The highest BCUT2D eigenvalue weighted by molar-refractivity contribution is 5.85. The minimum absolute atomic E-state index is 0. The predicted octanol–water partition coefficient (Wildman–Crippen LogP) is 3.32. The quantitative estimate of drug-likeness (QED) is 0.642.